The molecule has 25 heavy (non-hydrogen) atoms. The molecule has 0 saturated heterocycles. The van der Waals surface area contributed by atoms with Gasteiger partial charge in [-0.1, -0.05) is 61.0 Å². The van der Waals surface area contributed by atoms with Crippen molar-refractivity contribution < 1.29 is 4.79 Å². The molecule has 1 aromatic heterocycles. The van der Waals surface area contributed by atoms with Gasteiger partial charge in [-0.25, -0.2) is 4.68 Å². The summed E-state index contributed by atoms with van der Waals surface area (Å²) in [5.74, 6) is -0.256. The first kappa shape index (κ1) is 16.8. The maximum atomic E-state index is 12.4. The summed E-state index contributed by atoms with van der Waals surface area (Å²) < 4.78 is 1.10. The van der Waals surface area contributed by atoms with Crippen LogP contribution in [0.4, 0.5) is 0 Å². The zero-order valence-electron chi connectivity index (χ0n) is 14.1. The van der Waals surface area contributed by atoms with E-state index in [0.29, 0.717) is 10.9 Å². The highest BCUT2D eigenvalue weighted by Gasteiger charge is 2.15. The van der Waals surface area contributed by atoms with E-state index < -0.39 is 0 Å². The lowest BCUT2D eigenvalue weighted by atomic mass is 10.0. The predicted molar refractivity (Wildman–Crippen MR) is 96.0 cm³/mol. The van der Waals surface area contributed by atoms with E-state index in [9.17, 15) is 9.59 Å². The molecule has 128 valence electrons. The summed E-state index contributed by atoms with van der Waals surface area (Å²) >= 11 is 0. The normalized spacial score (nSPS) is 12.0. The highest BCUT2D eigenvalue weighted by atomic mass is 16.2. The molecule has 1 heterocycles. The minimum Gasteiger partial charge on any atom is -0.348 e. The number of amides is 1. The number of aromatic nitrogens is 3. The van der Waals surface area contributed by atoms with E-state index in [1.807, 2.05) is 30.3 Å². The van der Waals surface area contributed by atoms with Crippen LogP contribution in [0.25, 0.3) is 10.9 Å². The van der Waals surface area contributed by atoms with Gasteiger partial charge in [-0.2, -0.15) is 0 Å². The first-order chi connectivity index (χ1) is 12.2. The van der Waals surface area contributed by atoms with Crippen LogP contribution in [0.1, 0.15) is 31.4 Å². The fraction of sp³-hybridized carbons (Fsp3) is 0.263. The van der Waals surface area contributed by atoms with Crippen LogP contribution in [0.2, 0.25) is 0 Å². The van der Waals surface area contributed by atoms with E-state index in [2.05, 4.69) is 22.6 Å². The van der Waals surface area contributed by atoms with E-state index in [1.54, 1.807) is 24.3 Å². The summed E-state index contributed by atoms with van der Waals surface area (Å²) in [4.78, 5) is 24.8. The van der Waals surface area contributed by atoms with Crippen LogP contribution >= 0.6 is 0 Å². The lowest BCUT2D eigenvalue weighted by Gasteiger charge is -2.18. The van der Waals surface area contributed by atoms with Crippen molar-refractivity contribution in [2.45, 2.75) is 32.4 Å². The van der Waals surface area contributed by atoms with Crippen LogP contribution in [0.5, 0.6) is 0 Å². The first-order valence-electron chi connectivity index (χ1n) is 8.36. The average molecular weight is 336 g/mol. The smallest absolute Gasteiger partial charge is 0.278 e. The lowest BCUT2D eigenvalue weighted by Crippen LogP contribution is -2.36. The molecule has 1 atom stereocenters. The largest absolute Gasteiger partial charge is 0.348 e. The van der Waals surface area contributed by atoms with Crippen LogP contribution in [0, 0.1) is 0 Å². The molecule has 0 aliphatic carbocycles. The second-order valence-corrected chi connectivity index (χ2v) is 5.89. The Morgan fingerprint density at radius 2 is 1.84 bits per heavy atom. The van der Waals surface area contributed by atoms with Gasteiger partial charge in [0.25, 0.3) is 5.56 Å². The van der Waals surface area contributed by atoms with Gasteiger partial charge in [0.05, 0.1) is 11.4 Å². The molecule has 6 nitrogen and oxygen atoms in total. The van der Waals surface area contributed by atoms with Crippen LogP contribution < -0.4 is 10.9 Å². The minimum absolute atomic E-state index is 0.0807. The van der Waals surface area contributed by atoms with Gasteiger partial charge in [-0.05, 0) is 24.1 Å². The standard InChI is InChI=1S/C19H20N4O2/c1-2-8-16(14-9-4-3-5-10-14)20-18(24)13-23-19(25)15-11-6-7-12-17(15)21-22-23/h3-7,9-12,16H,2,8,13H2,1H3,(H,20,24). The van der Waals surface area contributed by atoms with Crippen molar-refractivity contribution in [3.05, 3.63) is 70.5 Å². The molecule has 0 saturated carbocycles. The molecule has 0 fully saturated rings. The third kappa shape index (κ3) is 3.91. The fourth-order valence-corrected chi connectivity index (χ4v) is 2.80. The number of carbonyl (C=O) groups excluding carboxylic acids is 1. The average Bonchev–Trinajstić information content (AvgIpc) is 2.65. The molecule has 0 spiro atoms. The van der Waals surface area contributed by atoms with Gasteiger partial charge < -0.3 is 5.32 Å². The second-order valence-electron chi connectivity index (χ2n) is 5.89. The Kier molecular flexibility index (Phi) is 5.18. The summed E-state index contributed by atoms with van der Waals surface area (Å²) in [6.07, 6.45) is 1.77. The van der Waals surface area contributed by atoms with Crippen LogP contribution in [-0.2, 0) is 11.3 Å². The van der Waals surface area contributed by atoms with Gasteiger partial charge >= 0.3 is 0 Å². The van der Waals surface area contributed by atoms with Crippen molar-refractivity contribution in [3.8, 4) is 0 Å². The Bertz CT molecular complexity index is 921. The number of hydrogen-bond acceptors (Lipinski definition) is 4. The SMILES string of the molecule is CCCC(NC(=O)Cn1nnc2ccccc2c1=O)c1ccccc1. The summed E-state index contributed by atoms with van der Waals surface area (Å²) in [5, 5.41) is 11.3. The monoisotopic (exact) mass is 336 g/mol. The third-order valence-corrected chi connectivity index (χ3v) is 4.04. The fourth-order valence-electron chi connectivity index (χ4n) is 2.80. The first-order valence-corrected chi connectivity index (χ1v) is 8.36. The third-order valence-electron chi connectivity index (χ3n) is 4.04. The van der Waals surface area contributed by atoms with Crippen molar-refractivity contribution in [3.63, 3.8) is 0 Å². The summed E-state index contributed by atoms with van der Waals surface area (Å²) in [6, 6.07) is 16.7. The topological polar surface area (TPSA) is 76.9 Å². The number of nitrogens with zero attached hydrogens (tertiary/aromatic N) is 3. The maximum Gasteiger partial charge on any atom is 0.278 e. The van der Waals surface area contributed by atoms with Crippen molar-refractivity contribution in [1.82, 2.24) is 20.3 Å². The zero-order valence-corrected chi connectivity index (χ0v) is 14.1. The van der Waals surface area contributed by atoms with Crippen LogP contribution in [-0.4, -0.2) is 20.9 Å². The molecule has 1 amide bonds. The highest BCUT2D eigenvalue weighted by molar-refractivity contribution is 5.78. The molecule has 3 rings (SSSR count). The van der Waals surface area contributed by atoms with Crippen molar-refractivity contribution in [2.24, 2.45) is 0 Å². The van der Waals surface area contributed by atoms with E-state index >= 15 is 0 Å². The lowest BCUT2D eigenvalue weighted by molar-refractivity contribution is -0.122. The van der Waals surface area contributed by atoms with Crippen molar-refractivity contribution in [2.75, 3.05) is 0 Å². The Balaban J connectivity index is 1.77. The van der Waals surface area contributed by atoms with Gasteiger partial charge in [-0.15, -0.1) is 5.10 Å². The maximum absolute atomic E-state index is 12.4. The summed E-state index contributed by atoms with van der Waals surface area (Å²) in [5.41, 5.74) is 1.26. The number of hydrogen-bond donors (Lipinski definition) is 1. The number of rotatable bonds is 6. The zero-order chi connectivity index (χ0) is 17.6. The molecular formula is C19H20N4O2. The molecule has 0 aliphatic heterocycles. The predicted octanol–water partition coefficient (Wildman–Crippen LogP) is 2.45. The van der Waals surface area contributed by atoms with Gasteiger partial charge in [0.1, 0.15) is 12.1 Å². The van der Waals surface area contributed by atoms with Gasteiger partial charge in [-0.3, -0.25) is 9.59 Å². The molecule has 1 unspecified atom stereocenters. The van der Waals surface area contributed by atoms with E-state index in [0.717, 1.165) is 23.1 Å². The number of fused-ring (bicyclic) bond motifs is 1. The minimum atomic E-state index is -0.312. The Morgan fingerprint density at radius 1 is 1.12 bits per heavy atom. The molecule has 6 heteroatoms. The molecule has 3 aromatic rings. The Hall–Kier alpha value is -3.02. The molecule has 0 radical (unpaired) electrons. The summed E-state index contributed by atoms with van der Waals surface area (Å²) in [7, 11) is 0. The second kappa shape index (κ2) is 7.70. The molecule has 2 aromatic carbocycles. The summed E-state index contributed by atoms with van der Waals surface area (Å²) in [6.45, 7) is 1.92. The van der Waals surface area contributed by atoms with Crippen molar-refractivity contribution in [1.29, 1.82) is 0 Å². The van der Waals surface area contributed by atoms with Gasteiger partial charge in [0.2, 0.25) is 5.91 Å². The molecular weight excluding hydrogens is 316 g/mol. The molecule has 0 aliphatic rings. The van der Waals surface area contributed by atoms with Gasteiger partial charge in [0.15, 0.2) is 0 Å². The van der Waals surface area contributed by atoms with Crippen LogP contribution in [0.3, 0.4) is 0 Å². The number of carbonyl (C=O) groups is 1. The number of nitrogens with one attached hydrogen (secondary N) is 1. The molecule has 1 N–H and O–H groups in total. The van der Waals surface area contributed by atoms with Crippen molar-refractivity contribution >= 4 is 16.8 Å². The van der Waals surface area contributed by atoms with Gasteiger partial charge in [0, 0.05) is 0 Å². The molecule has 0 bridgehead atoms. The Labute approximate surface area is 145 Å². The van der Waals surface area contributed by atoms with E-state index in [1.165, 1.54) is 0 Å². The van der Waals surface area contributed by atoms with Crippen LogP contribution in [0.15, 0.2) is 59.4 Å². The van der Waals surface area contributed by atoms with E-state index in [-0.39, 0.29) is 24.1 Å². The quantitative estimate of drug-likeness (QED) is 0.750. The Morgan fingerprint density at radius 3 is 2.60 bits per heavy atom. The highest BCUT2D eigenvalue weighted by Crippen LogP contribution is 2.17. The number of benzene rings is 2. The van der Waals surface area contributed by atoms with E-state index in [4.69, 9.17) is 0 Å².